The summed E-state index contributed by atoms with van der Waals surface area (Å²) >= 11 is 5.76. The fraction of sp³-hybridized carbons (Fsp3) is 0.235. The van der Waals surface area contributed by atoms with E-state index in [1.807, 2.05) is 61.5 Å². The number of benzene rings is 3. The number of ether oxygens (including phenoxy) is 3. The molecular formula is C34H30I2N2O6S. The minimum atomic E-state index is -0.648. The summed E-state index contributed by atoms with van der Waals surface area (Å²) in [7, 11) is 0. The molecule has 0 amide bonds. The van der Waals surface area contributed by atoms with Crippen molar-refractivity contribution in [1.29, 1.82) is 0 Å². The first kappa shape index (κ1) is 33.1. The van der Waals surface area contributed by atoms with E-state index in [9.17, 15) is 14.4 Å². The van der Waals surface area contributed by atoms with E-state index in [2.05, 4.69) is 50.2 Å². The Morgan fingerprint density at radius 3 is 2.18 bits per heavy atom. The van der Waals surface area contributed by atoms with Crippen molar-refractivity contribution in [2.45, 2.75) is 40.3 Å². The van der Waals surface area contributed by atoms with Gasteiger partial charge in [-0.3, -0.25) is 9.36 Å². The largest absolute Gasteiger partial charge is 0.487 e. The predicted molar refractivity (Wildman–Crippen MR) is 190 cm³/mol. The average Bonchev–Trinajstić information content (AvgIpc) is 3.30. The molecule has 2 heterocycles. The molecule has 1 aliphatic heterocycles. The van der Waals surface area contributed by atoms with E-state index < -0.39 is 12.0 Å². The summed E-state index contributed by atoms with van der Waals surface area (Å²) in [5.74, 6) is -0.0936. The highest BCUT2D eigenvalue weighted by molar-refractivity contribution is 14.1. The fourth-order valence-corrected chi connectivity index (χ4v) is 8.09. The molecule has 232 valence electrons. The van der Waals surface area contributed by atoms with Crippen LogP contribution in [0, 0.1) is 14.1 Å². The number of halogens is 2. The van der Waals surface area contributed by atoms with Crippen LogP contribution in [0.2, 0.25) is 0 Å². The number of carbonyl (C=O) groups excluding carboxylic acids is 2. The summed E-state index contributed by atoms with van der Waals surface area (Å²) in [6.45, 7) is 8.18. The van der Waals surface area contributed by atoms with E-state index in [1.54, 1.807) is 37.5 Å². The second kappa shape index (κ2) is 14.4. The van der Waals surface area contributed by atoms with E-state index in [0.29, 0.717) is 39.4 Å². The predicted octanol–water partition coefficient (Wildman–Crippen LogP) is 6.07. The summed E-state index contributed by atoms with van der Waals surface area (Å²) < 4.78 is 20.5. The topological polar surface area (TPSA) is 96.2 Å². The smallest absolute Gasteiger partial charge is 0.338 e. The van der Waals surface area contributed by atoms with Gasteiger partial charge < -0.3 is 14.2 Å². The van der Waals surface area contributed by atoms with Crippen LogP contribution in [0.3, 0.4) is 0 Å². The first-order valence-electron chi connectivity index (χ1n) is 14.2. The van der Waals surface area contributed by atoms with Crippen LogP contribution in [0.4, 0.5) is 0 Å². The van der Waals surface area contributed by atoms with Crippen molar-refractivity contribution in [2.75, 3.05) is 13.2 Å². The van der Waals surface area contributed by atoms with Gasteiger partial charge in [0.15, 0.2) is 4.80 Å². The SMILES string of the molecule is CCOC(=O)C1=C(C)N=c2s/c(=C\c3cc(I)c(OCc4ccc(C(=O)OCC)cc4)c(I)c3)c(=O)n2[C@H]1c1ccc(C)cc1. The minimum Gasteiger partial charge on any atom is -0.487 e. The van der Waals surface area contributed by atoms with Crippen LogP contribution in [-0.4, -0.2) is 29.7 Å². The second-order valence-electron chi connectivity index (χ2n) is 10.2. The van der Waals surface area contributed by atoms with Crippen LogP contribution in [0.1, 0.15) is 59.4 Å². The Labute approximate surface area is 291 Å². The normalized spacial score (nSPS) is 14.5. The molecule has 1 aliphatic rings. The zero-order valence-corrected chi connectivity index (χ0v) is 30.2. The standard InChI is InChI=1S/C34H30I2N2O6S/c1-5-42-32(40)24-13-9-21(10-14-24)18-44-30-25(35)15-22(16-26(30)36)17-27-31(39)38-29(23-11-7-19(3)8-12-23)28(33(41)43-6-2)20(4)37-34(38)45-27/h7-17,29H,5-6,18H2,1-4H3/b27-17-/t29-/m0/s1. The third kappa shape index (κ3) is 7.25. The Balaban J connectivity index is 1.46. The van der Waals surface area contributed by atoms with Crippen molar-refractivity contribution in [1.82, 2.24) is 4.57 Å². The molecule has 0 fully saturated rings. The van der Waals surface area contributed by atoms with Gasteiger partial charge in [0.1, 0.15) is 12.4 Å². The number of aryl methyl sites for hydroxylation is 1. The van der Waals surface area contributed by atoms with E-state index in [4.69, 9.17) is 14.2 Å². The lowest BCUT2D eigenvalue weighted by Gasteiger charge is -2.24. The molecule has 0 saturated carbocycles. The van der Waals surface area contributed by atoms with Gasteiger partial charge >= 0.3 is 11.9 Å². The fourth-order valence-electron chi connectivity index (χ4n) is 4.91. The number of nitrogens with zero attached hydrogens (tertiary/aromatic N) is 2. The second-order valence-corrected chi connectivity index (χ2v) is 13.6. The van der Waals surface area contributed by atoms with Gasteiger partial charge in [0.25, 0.3) is 5.56 Å². The molecule has 45 heavy (non-hydrogen) atoms. The quantitative estimate of drug-likeness (QED) is 0.150. The number of allylic oxidation sites excluding steroid dienone is 1. The van der Waals surface area contributed by atoms with Crippen molar-refractivity contribution in [3.05, 3.63) is 127 Å². The summed E-state index contributed by atoms with van der Waals surface area (Å²) in [5, 5.41) is 0. The molecule has 0 bridgehead atoms. The number of fused-ring (bicyclic) bond motifs is 1. The first-order chi connectivity index (χ1) is 21.6. The molecule has 0 N–H and O–H groups in total. The highest BCUT2D eigenvalue weighted by atomic mass is 127. The molecule has 11 heteroatoms. The van der Waals surface area contributed by atoms with Crippen LogP contribution >= 0.6 is 56.5 Å². The highest BCUT2D eigenvalue weighted by Gasteiger charge is 2.33. The lowest BCUT2D eigenvalue weighted by Crippen LogP contribution is -2.39. The van der Waals surface area contributed by atoms with Crippen LogP contribution in [-0.2, 0) is 20.9 Å². The minimum absolute atomic E-state index is 0.222. The third-order valence-electron chi connectivity index (χ3n) is 7.08. The highest BCUT2D eigenvalue weighted by Crippen LogP contribution is 2.32. The van der Waals surface area contributed by atoms with Crippen molar-refractivity contribution >= 4 is 74.5 Å². The van der Waals surface area contributed by atoms with Gasteiger partial charge in [0.05, 0.1) is 47.8 Å². The number of rotatable bonds is 9. The van der Waals surface area contributed by atoms with Crippen molar-refractivity contribution in [3.8, 4) is 5.75 Å². The Kier molecular flexibility index (Phi) is 10.6. The maximum Gasteiger partial charge on any atom is 0.338 e. The molecule has 0 unspecified atom stereocenters. The van der Waals surface area contributed by atoms with Gasteiger partial charge in [-0.1, -0.05) is 53.3 Å². The number of hydrogen-bond donors (Lipinski definition) is 0. The average molecular weight is 848 g/mol. The summed E-state index contributed by atoms with van der Waals surface area (Å²) in [4.78, 5) is 44.2. The summed E-state index contributed by atoms with van der Waals surface area (Å²) in [6.07, 6.45) is 1.85. The summed E-state index contributed by atoms with van der Waals surface area (Å²) in [5.41, 5.74) is 4.81. The lowest BCUT2D eigenvalue weighted by atomic mass is 9.95. The van der Waals surface area contributed by atoms with Crippen LogP contribution in [0.15, 0.2) is 81.7 Å². The van der Waals surface area contributed by atoms with E-state index >= 15 is 0 Å². The van der Waals surface area contributed by atoms with E-state index in [0.717, 1.165) is 35.1 Å². The van der Waals surface area contributed by atoms with Gasteiger partial charge in [0, 0.05) is 0 Å². The van der Waals surface area contributed by atoms with Crippen LogP contribution in [0.25, 0.3) is 6.08 Å². The first-order valence-corrected chi connectivity index (χ1v) is 17.2. The van der Waals surface area contributed by atoms with Crippen molar-refractivity contribution < 1.29 is 23.8 Å². The monoisotopic (exact) mass is 848 g/mol. The van der Waals surface area contributed by atoms with Crippen LogP contribution in [0.5, 0.6) is 5.75 Å². The zero-order chi connectivity index (χ0) is 32.2. The van der Waals surface area contributed by atoms with E-state index in [-0.39, 0.29) is 18.1 Å². The van der Waals surface area contributed by atoms with Gasteiger partial charge in [-0.2, -0.15) is 0 Å². The molecule has 0 aliphatic carbocycles. The van der Waals surface area contributed by atoms with Gasteiger partial charge in [-0.05, 0) is 120 Å². The Bertz CT molecular complexity index is 1960. The molecule has 8 nitrogen and oxygen atoms in total. The number of esters is 2. The van der Waals surface area contributed by atoms with Crippen molar-refractivity contribution in [2.24, 2.45) is 4.99 Å². The molecule has 1 atom stereocenters. The molecule has 0 radical (unpaired) electrons. The number of aromatic nitrogens is 1. The molecule has 5 rings (SSSR count). The maximum atomic E-state index is 14.0. The van der Waals surface area contributed by atoms with Gasteiger partial charge in [0.2, 0.25) is 0 Å². The molecule has 0 spiro atoms. The zero-order valence-electron chi connectivity index (χ0n) is 25.1. The number of thiazole rings is 1. The Morgan fingerprint density at radius 2 is 1.56 bits per heavy atom. The molecular weight excluding hydrogens is 818 g/mol. The Morgan fingerprint density at radius 1 is 0.933 bits per heavy atom. The summed E-state index contributed by atoms with van der Waals surface area (Å²) in [6, 6.07) is 18.2. The maximum absolute atomic E-state index is 14.0. The Hall–Kier alpha value is -3.30. The third-order valence-corrected chi connectivity index (χ3v) is 9.66. The van der Waals surface area contributed by atoms with Gasteiger partial charge in [-0.25, -0.2) is 14.6 Å². The molecule has 1 aromatic heterocycles. The molecule has 3 aromatic carbocycles. The lowest BCUT2D eigenvalue weighted by molar-refractivity contribution is -0.139. The van der Waals surface area contributed by atoms with Gasteiger partial charge in [-0.15, -0.1) is 0 Å². The molecule has 4 aromatic rings. The number of hydrogen-bond acceptors (Lipinski definition) is 8. The van der Waals surface area contributed by atoms with Crippen LogP contribution < -0.4 is 19.6 Å². The molecule has 0 saturated heterocycles. The van der Waals surface area contributed by atoms with E-state index in [1.165, 1.54) is 11.3 Å². The van der Waals surface area contributed by atoms with Crippen molar-refractivity contribution in [3.63, 3.8) is 0 Å². The number of carbonyl (C=O) groups is 2.